The van der Waals surface area contributed by atoms with Crippen LogP contribution >= 0.6 is 0 Å². The first-order valence-electron chi connectivity index (χ1n) is 7.43. The summed E-state index contributed by atoms with van der Waals surface area (Å²) in [6.45, 7) is 6.81. The summed E-state index contributed by atoms with van der Waals surface area (Å²) in [7, 11) is 0. The number of carboxylic acids is 1. The van der Waals surface area contributed by atoms with Crippen LogP contribution in [-0.2, 0) is 19.1 Å². The molecule has 0 saturated heterocycles. The SMILES string of the molecule is CC(C(=O)OC(C)(C)C)N(C(=O)CCC(=O)O)c1ccccc1. The second kappa shape index (κ2) is 7.76. The Kier molecular flexibility index (Phi) is 6.30. The highest BCUT2D eigenvalue weighted by molar-refractivity contribution is 6.00. The maximum Gasteiger partial charge on any atom is 0.329 e. The van der Waals surface area contributed by atoms with E-state index in [1.807, 2.05) is 0 Å². The molecular formula is C17H23NO5. The van der Waals surface area contributed by atoms with E-state index in [9.17, 15) is 14.4 Å². The van der Waals surface area contributed by atoms with Crippen molar-refractivity contribution in [2.24, 2.45) is 0 Å². The first kappa shape index (κ1) is 18.7. The van der Waals surface area contributed by atoms with E-state index in [0.717, 1.165) is 0 Å². The Morgan fingerprint density at radius 3 is 2.17 bits per heavy atom. The predicted molar refractivity (Wildman–Crippen MR) is 86.1 cm³/mol. The number of hydrogen-bond acceptors (Lipinski definition) is 4. The maximum atomic E-state index is 12.4. The number of esters is 1. The van der Waals surface area contributed by atoms with E-state index in [1.165, 1.54) is 4.90 Å². The second-order valence-corrected chi connectivity index (χ2v) is 6.20. The molecule has 1 atom stereocenters. The van der Waals surface area contributed by atoms with Gasteiger partial charge >= 0.3 is 11.9 Å². The summed E-state index contributed by atoms with van der Waals surface area (Å²) in [5, 5.41) is 8.75. The number of rotatable bonds is 6. The van der Waals surface area contributed by atoms with Crippen molar-refractivity contribution in [2.45, 2.75) is 52.2 Å². The van der Waals surface area contributed by atoms with Crippen LogP contribution in [0.5, 0.6) is 0 Å². The molecule has 0 heterocycles. The fourth-order valence-electron chi connectivity index (χ4n) is 2.00. The van der Waals surface area contributed by atoms with Crippen molar-refractivity contribution in [3.8, 4) is 0 Å². The lowest BCUT2D eigenvalue weighted by Crippen LogP contribution is -2.46. The zero-order chi connectivity index (χ0) is 17.6. The zero-order valence-electron chi connectivity index (χ0n) is 13.9. The standard InChI is InChI=1S/C17H23NO5/c1-12(16(22)23-17(2,3)4)18(13-8-6-5-7-9-13)14(19)10-11-15(20)21/h5-9,12H,10-11H2,1-4H3,(H,20,21). The molecule has 6 nitrogen and oxygen atoms in total. The fraction of sp³-hybridized carbons (Fsp3) is 0.471. The molecule has 0 aliphatic heterocycles. The smallest absolute Gasteiger partial charge is 0.329 e. The van der Waals surface area contributed by atoms with Gasteiger partial charge in [0, 0.05) is 12.1 Å². The van der Waals surface area contributed by atoms with Crippen molar-refractivity contribution in [3.63, 3.8) is 0 Å². The van der Waals surface area contributed by atoms with E-state index in [-0.39, 0.29) is 12.8 Å². The van der Waals surface area contributed by atoms with Crippen LogP contribution in [0.4, 0.5) is 5.69 Å². The molecular weight excluding hydrogens is 298 g/mol. The molecule has 126 valence electrons. The molecule has 1 unspecified atom stereocenters. The van der Waals surface area contributed by atoms with Crippen LogP contribution in [-0.4, -0.2) is 34.6 Å². The van der Waals surface area contributed by atoms with Gasteiger partial charge in [0.15, 0.2) is 0 Å². The molecule has 0 aliphatic carbocycles. The van der Waals surface area contributed by atoms with Crippen LogP contribution in [0, 0.1) is 0 Å². The van der Waals surface area contributed by atoms with Crippen molar-refractivity contribution in [3.05, 3.63) is 30.3 Å². The third-order valence-electron chi connectivity index (χ3n) is 2.99. The fourth-order valence-corrected chi connectivity index (χ4v) is 2.00. The van der Waals surface area contributed by atoms with E-state index in [1.54, 1.807) is 58.0 Å². The van der Waals surface area contributed by atoms with E-state index in [4.69, 9.17) is 9.84 Å². The highest BCUT2D eigenvalue weighted by atomic mass is 16.6. The highest BCUT2D eigenvalue weighted by Crippen LogP contribution is 2.20. The molecule has 0 radical (unpaired) electrons. The largest absolute Gasteiger partial charge is 0.481 e. The number of carboxylic acid groups (broad SMARTS) is 1. The third kappa shape index (κ3) is 6.10. The van der Waals surface area contributed by atoms with Crippen LogP contribution in [0.3, 0.4) is 0 Å². The van der Waals surface area contributed by atoms with Gasteiger partial charge in [0.25, 0.3) is 0 Å². The van der Waals surface area contributed by atoms with Gasteiger partial charge in [-0.15, -0.1) is 0 Å². The van der Waals surface area contributed by atoms with Gasteiger partial charge < -0.3 is 9.84 Å². The van der Waals surface area contributed by atoms with Crippen LogP contribution in [0.2, 0.25) is 0 Å². The number of para-hydroxylation sites is 1. The molecule has 1 rings (SSSR count). The Morgan fingerprint density at radius 1 is 1.13 bits per heavy atom. The number of carbonyl (C=O) groups excluding carboxylic acids is 2. The maximum absolute atomic E-state index is 12.4. The van der Waals surface area contributed by atoms with Gasteiger partial charge in [0.05, 0.1) is 6.42 Å². The highest BCUT2D eigenvalue weighted by Gasteiger charge is 2.31. The average molecular weight is 321 g/mol. The number of anilines is 1. The quantitative estimate of drug-likeness (QED) is 0.814. The zero-order valence-corrected chi connectivity index (χ0v) is 13.9. The topological polar surface area (TPSA) is 83.9 Å². The van der Waals surface area contributed by atoms with Gasteiger partial charge in [0.1, 0.15) is 11.6 Å². The lowest BCUT2D eigenvalue weighted by molar-refractivity contribution is -0.156. The number of nitrogens with zero attached hydrogens (tertiary/aromatic N) is 1. The minimum atomic E-state index is -1.06. The number of carbonyl (C=O) groups is 3. The monoisotopic (exact) mass is 321 g/mol. The van der Waals surface area contributed by atoms with Crippen molar-refractivity contribution in [1.82, 2.24) is 0 Å². The van der Waals surface area contributed by atoms with Crippen molar-refractivity contribution in [1.29, 1.82) is 0 Å². The second-order valence-electron chi connectivity index (χ2n) is 6.20. The predicted octanol–water partition coefficient (Wildman–Crippen LogP) is 2.61. The van der Waals surface area contributed by atoms with Gasteiger partial charge in [-0.1, -0.05) is 18.2 Å². The lowest BCUT2D eigenvalue weighted by atomic mass is 10.1. The van der Waals surface area contributed by atoms with E-state index in [0.29, 0.717) is 5.69 Å². The normalized spacial score (nSPS) is 12.3. The van der Waals surface area contributed by atoms with Crippen molar-refractivity contribution in [2.75, 3.05) is 4.90 Å². The number of ether oxygens (including phenoxy) is 1. The van der Waals surface area contributed by atoms with E-state index >= 15 is 0 Å². The number of aliphatic carboxylic acids is 1. The molecule has 0 aliphatic rings. The van der Waals surface area contributed by atoms with Gasteiger partial charge in [-0.25, -0.2) is 4.79 Å². The molecule has 0 saturated carbocycles. The van der Waals surface area contributed by atoms with Crippen LogP contribution in [0.1, 0.15) is 40.5 Å². The first-order valence-corrected chi connectivity index (χ1v) is 7.43. The Balaban J connectivity index is 3.02. The third-order valence-corrected chi connectivity index (χ3v) is 2.99. The number of amides is 1. The molecule has 0 spiro atoms. The molecule has 1 aromatic carbocycles. The summed E-state index contributed by atoms with van der Waals surface area (Å²) in [4.78, 5) is 36.7. The number of benzene rings is 1. The van der Waals surface area contributed by atoms with Crippen molar-refractivity contribution >= 4 is 23.5 Å². The summed E-state index contributed by atoms with van der Waals surface area (Å²) in [5.41, 5.74) is -0.140. The van der Waals surface area contributed by atoms with E-state index < -0.39 is 29.5 Å². The minimum absolute atomic E-state index is 0.183. The minimum Gasteiger partial charge on any atom is -0.481 e. The van der Waals surface area contributed by atoms with Crippen LogP contribution in [0.15, 0.2) is 30.3 Å². The number of hydrogen-bond donors (Lipinski definition) is 1. The molecule has 23 heavy (non-hydrogen) atoms. The Labute approximate surface area is 136 Å². The first-order chi connectivity index (χ1) is 10.6. The molecule has 0 bridgehead atoms. The lowest BCUT2D eigenvalue weighted by Gasteiger charge is -2.30. The molecule has 1 amide bonds. The molecule has 6 heteroatoms. The molecule has 1 aromatic rings. The Hall–Kier alpha value is -2.37. The summed E-state index contributed by atoms with van der Waals surface area (Å²) >= 11 is 0. The Morgan fingerprint density at radius 2 is 1.70 bits per heavy atom. The van der Waals surface area contributed by atoms with E-state index in [2.05, 4.69) is 0 Å². The average Bonchev–Trinajstić information content (AvgIpc) is 2.44. The van der Waals surface area contributed by atoms with Gasteiger partial charge in [-0.05, 0) is 39.8 Å². The summed E-state index contributed by atoms with van der Waals surface area (Å²) in [5.74, 6) is -2.03. The van der Waals surface area contributed by atoms with Crippen molar-refractivity contribution < 1.29 is 24.2 Å². The van der Waals surface area contributed by atoms with Gasteiger partial charge in [-0.3, -0.25) is 14.5 Å². The summed E-state index contributed by atoms with van der Waals surface area (Å²) in [6, 6.07) is 7.82. The molecule has 1 N–H and O–H groups in total. The summed E-state index contributed by atoms with van der Waals surface area (Å²) < 4.78 is 5.33. The van der Waals surface area contributed by atoms with Crippen LogP contribution in [0.25, 0.3) is 0 Å². The summed E-state index contributed by atoms with van der Waals surface area (Å²) in [6.07, 6.45) is -0.472. The molecule has 0 aromatic heterocycles. The van der Waals surface area contributed by atoms with Crippen LogP contribution < -0.4 is 4.90 Å². The van der Waals surface area contributed by atoms with Gasteiger partial charge in [-0.2, -0.15) is 0 Å². The molecule has 0 fully saturated rings. The Bertz CT molecular complexity index is 562. The van der Waals surface area contributed by atoms with Gasteiger partial charge in [0.2, 0.25) is 5.91 Å².